The molecule has 0 aromatic carbocycles. The first-order valence-corrected chi connectivity index (χ1v) is 9.27. The number of nitrogens with zero attached hydrogens (tertiary/aromatic N) is 6. The molecule has 3 heterocycles. The van der Waals surface area contributed by atoms with E-state index in [1.54, 1.807) is 28.9 Å². The fourth-order valence-corrected chi connectivity index (χ4v) is 3.04. The van der Waals surface area contributed by atoms with Gasteiger partial charge in [-0.1, -0.05) is 19.9 Å². The molecular formula is C20H26N6O. The fourth-order valence-electron chi connectivity index (χ4n) is 3.04. The van der Waals surface area contributed by atoms with Gasteiger partial charge in [-0.2, -0.15) is 5.10 Å². The Morgan fingerprint density at radius 1 is 1.19 bits per heavy atom. The molecule has 0 fully saturated rings. The van der Waals surface area contributed by atoms with Gasteiger partial charge in [-0.3, -0.25) is 14.7 Å². The van der Waals surface area contributed by atoms with Crippen LogP contribution in [0.1, 0.15) is 48.4 Å². The number of hydrogen-bond donors (Lipinski definition) is 0. The van der Waals surface area contributed by atoms with E-state index in [2.05, 4.69) is 33.8 Å². The summed E-state index contributed by atoms with van der Waals surface area (Å²) < 4.78 is 1.69. The molecular weight excluding hydrogens is 340 g/mol. The Morgan fingerprint density at radius 3 is 2.63 bits per heavy atom. The van der Waals surface area contributed by atoms with E-state index in [1.165, 1.54) is 0 Å². The number of fused-ring (bicyclic) bond motifs is 1. The lowest BCUT2D eigenvalue weighted by molar-refractivity contribution is 0.0741. The van der Waals surface area contributed by atoms with Crippen molar-refractivity contribution >= 4 is 11.6 Å². The van der Waals surface area contributed by atoms with Crippen LogP contribution in [0.2, 0.25) is 0 Å². The summed E-state index contributed by atoms with van der Waals surface area (Å²) in [5, 5.41) is 4.35. The highest BCUT2D eigenvalue weighted by atomic mass is 16.2. The van der Waals surface area contributed by atoms with Crippen LogP contribution in [0.25, 0.3) is 5.65 Å². The highest BCUT2D eigenvalue weighted by molar-refractivity contribution is 5.99. The van der Waals surface area contributed by atoms with E-state index in [0.717, 1.165) is 30.9 Å². The van der Waals surface area contributed by atoms with Gasteiger partial charge in [-0.05, 0) is 32.1 Å². The smallest absolute Gasteiger partial charge is 0.259 e. The van der Waals surface area contributed by atoms with E-state index in [0.29, 0.717) is 11.2 Å². The molecule has 0 aliphatic rings. The molecule has 3 rings (SSSR count). The Balaban J connectivity index is 1.83. The van der Waals surface area contributed by atoms with Gasteiger partial charge in [0.1, 0.15) is 5.56 Å². The number of rotatable bonds is 7. The first kappa shape index (κ1) is 19.0. The van der Waals surface area contributed by atoms with Crippen LogP contribution in [0, 0.1) is 0 Å². The molecule has 142 valence electrons. The molecule has 0 N–H and O–H groups in total. The number of amides is 1. The largest absolute Gasteiger partial charge is 0.333 e. The number of carbonyl (C=O) groups excluding carboxylic acids is 1. The van der Waals surface area contributed by atoms with Crippen molar-refractivity contribution in [2.75, 3.05) is 20.1 Å². The summed E-state index contributed by atoms with van der Waals surface area (Å²) in [6, 6.07) is 5.56. The summed E-state index contributed by atoms with van der Waals surface area (Å²) in [5.74, 6) is -0.118. The molecule has 3 aromatic heterocycles. The Morgan fingerprint density at radius 2 is 1.96 bits per heavy atom. The second-order valence-corrected chi connectivity index (χ2v) is 6.60. The molecule has 7 heteroatoms. The summed E-state index contributed by atoms with van der Waals surface area (Å²) in [7, 11) is 1.78. The van der Waals surface area contributed by atoms with Crippen molar-refractivity contribution in [2.24, 2.45) is 0 Å². The summed E-state index contributed by atoms with van der Waals surface area (Å²) in [6.07, 6.45) is 7.10. The molecule has 1 unspecified atom stereocenters. The third-order valence-electron chi connectivity index (χ3n) is 4.96. The predicted octanol–water partition coefficient (Wildman–Crippen LogP) is 2.80. The maximum Gasteiger partial charge on any atom is 0.259 e. The number of aromatic nitrogens is 4. The highest BCUT2D eigenvalue weighted by Gasteiger charge is 2.23. The number of pyridine rings is 1. The molecule has 1 amide bonds. The van der Waals surface area contributed by atoms with Crippen LogP contribution >= 0.6 is 0 Å². The minimum atomic E-state index is -0.143. The highest BCUT2D eigenvalue weighted by Crippen LogP contribution is 2.20. The van der Waals surface area contributed by atoms with Crippen molar-refractivity contribution in [2.45, 2.75) is 33.4 Å². The third kappa shape index (κ3) is 3.98. The Bertz CT molecular complexity index is 903. The molecule has 3 aromatic rings. The normalized spacial score (nSPS) is 12.5. The van der Waals surface area contributed by atoms with Crippen LogP contribution < -0.4 is 0 Å². The van der Waals surface area contributed by atoms with Crippen LogP contribution in [0.4, 0.5) is 0 Å². The van der Waals surface area contributed by atoms with Crippen molar-refractivity contribution in [3.8, 4) is 0 Å². The third-order valence-corrected chi connectivity index (χ3v) is 4.96. The molecule has 0 aliphatic carbocycles. The standard InChI is InChI=1S/C20H26N6O/c1-5-25(6-2)13-16-11-22-19-17(12-23-26(19)14-16)20(27)24(4)15(3)18-9-7-8-10-21-18/h7-12,14-15H,5-6,13H2,1-4H3. The van der Waals surface area contributed by atoms with Gasteiger partial charge in [-0.15, -0.1) is 0 Å². The van der Waals surface area contributed by atoms with Crippen LogP contribution in [0.3, 0.4) is 0 Å². The first-order chi connectivity index (χ1) is 13.0. The van der Waals surface area contributed by atoms with E-state index in [9.17, 15) is 4.79 Å². The van der Waals surface area contributed by atoms with Crippen molar-refractivity contribution in [1.82, 2.24) is 29.4 Å². The lowest BCUT2D eigenvalue weighted by Crippen LogP contribution is -2.30. The zero-order valence-corrected chi connectivity index (χ0v) is 16.3. The van der Waals surface area contributed by atoms with E-state index in [1.807, 2.05) is 37.5 Å². The molecule has 0 aliphatic heterocycles. The minimum Gasteiger partial charge on any atom is -0.333 e. The Labute approximate surface area is 159 Å². The SMILES string of the molecule is CCN(CC)Cc1cnc2c(C(=O)N(C)C(C)c3ccccn3)cnn2c1. The van der Waals surface area contributed by atoms with Crippen molar-refractivity contribution < 1.29 is 4.79 Å². The fraction of sp³-hybridized carbons (Fsp3) is 0.400. The second kappa shape index (κ2) is 8.26. The van der Waals surface area contributed by atoms with Crippen LogP contribution in [0.15, 0.2) is 43.0 Å². The van der Waals surface area contributed by atoms with Gasteiger partial charge >= 0.3 is 0 Å². The summed E-state index contributed by atoms with van der Waals surface area (Å²) in [5.41, 5.74) is 2.99. The average molecular weight is 366 g/mol. The molecule has 0 radical (unpaired) electrons. The zero-order chi connectivity index (χ0) is 19.4. The van der Waals surface area contributed by atoms with Gasteiger partial charge in [0.15, 0.2) is 5.65 Å². The Hall–Kier alpha value is -2.80. The van der Waals surface area contributed by atoms with Crippen LogP contribution in [-0.4, -0.2) is 55.4 Å². The van der Waals surface area contributed by atoms with E-state index < -0.39 is 0 Å². The second-order valence-electron chi connectivity index (χ2n) is 6.60. The monoisotopic (exact) mass is 366 g/mol. The van der Waals surface area contributed by atoms with Gasteiger partial charge < -0.3 is 4.90 Å². The quantitative estimate of drug-likeness (QED) is 0.643. The van der Waals surface area contributed by atoms with E-state index in [-0.39, 0.29) is 11.9 Å². The van der Waals surface area contributed by atoms with Crippen molar-refractivity contribution in [3.05, 3.63) is 59.8 Å². The van der Waals surface area contributed by atoms with Gasteiger partial charge in [0.2, 0.25) is 0 Å². The predicted molar refractivity (Wildman–Crippen MR) is 104 cm³/mol. The molecule has 1 atom stereocenters. The van der Waals surface area contributed by atoms with Gasteiger partial charge in [0, 0.05) is 37.7 Å². The Kier molecular flexibility index (Phi) is 5.81. The summed E-state index contributed by atoms with van der Waals surface area (Å²) in [4.78, 5) is 25.8. The molecule has 0 bridgehead atoms. The molecule has 27 heavy (non-hydrogen) atoms. The van der Waals surface area contributed by atoms with Crippen LogP contribution in [0.5, 0.6) is 0 Å². The van der Waals surface area contributed by atoms with Crippen molar-refractivity contribution in [3.63, 3.8) is 0 Å². The summed E-state index contributed by atoms with van der Waals surface area (Å²) in [6.45, 7) is 9.01. The molecule has 0 spiro atoms. The zero-order valence-electron chi connectivity index (χ0n) is 16.3. The first-order valence-electron chi connectivity index (χ1n) is 9.27. The molecule has 0 saturated carbocycles. The maximum absolute atomic E-state index is 13.0. The average Bonchev–Trinajstić information content (AvgIpc) is 3.14. The van der Waals surface area contributed by atoms with E-state index in [4.69, 9.17) is 0 Å². The van der Waals surface area contributed by atoms with Gasteiger partial charge in [0.05, 0.1) is 17.9 Å². The summed E-state index contributed by atoms with van der Waals surface area (Å²) >= 11 is 0. The topological polar surface area (TPSA) is 66.6 Å². The lowest BCUT2D eigenvalue weighted by atomic mass is 10.1. The number of hydrogen-bond acceptors (Lipinski definition) is 5. The lowest BCUT2D eigenvalue weighted by Gasteiger charge is -2.24. The minimum absolute atomic E-state index is 0.118. The van der Waals surface area contributed by atoms with Gasteiger partial charge in [0.25, 0.3) is 5.91 Å². The van der Waals surface area contributed by atoms with Crippen molar-refractivity contribution in [1.29, 1.82) is 0 Å². The molecule has 7 nitrogen and oxygen atoms in total. The van der Waals surface area contributed by atoms with Crippen LogP contribution in [-0.2, 0) is 6.54 Å². The maximum atomic E-state index is 13.0. The van der Waals surface area contributed by atoms with Gasteiger partial charge in [-0.25, -0.2) is 9.50 Å². The molecule has 0 saturated heterocycles. The van der Waals surface area contributed by atoms with E-state index >= 15 is 0 Å². The number of carbonyl (C=O) groups is 1.